The van der Waals surface area contributed by atoms with E-state index in [4.69, 9.17) is 23.8 Å². The zero-order valence-electron chi connectivity index (χ0n) is 15.8. The summed E-state index contributed by atoms with van der Waals surface area (Å²) >= 11 is 11.5. The minimum Gasteiger partial charge on any atom is -0.341 e. The molecule has 1 amide bonds. The molecule has 2 aromatic heterocycles. The van der Waals surface area contributed by atoms with Crippen LogP contribution in [0.25, 0.3) is 0 Å². The predicted molar refractivity (Wildman–Crippen MR) is 107 cm³/mol. The third-order valence-electron chi connectivity index (χ3n) is 4.97. The monoisotopic (exact) mass is 409 g/mol. The maximum Gasteiger partial charge on any atom is 0.274 e. The van der Waals surface area contributed by atoms with Crippen molar-refractivity contribution in [2.75, 3.05) is 31.1 Å². The molecular weight excluding hydrogens is 386 g/mol. The number of anilines is 1. The lowest BCUT2D eigenvalue weighted by Gasteiger charge is -2.32. The number of nitrogens with one attached hydrogen (secondary N) is 1. The molecule has 0 spiro atoms. The Bertz CT molecular complexity index is 876. The Balaban J connectivity index is 1.84. The summed E-state index contributed by atoms with van der Waals surface area (Å²) in [5, 5.41) is 7.42. The molecule has 1 N–H and O–H groups in total. The van der Waals surface area contributed by atoms with E-state index in [0.29, 0.717) is 23.8 Å². The number of aromatic nitrogens is 5. The number of amides is 1. The van der Waals surface area contributed by atoms with Gasteiger partial charge in [-0.05, 0) is 38.9 Å². The number of hydrogen-bond acceptors (Lipinski definition) is 6. The molecule has 27 heavy (non-hydrogen) atoms. The van der Waals surface area contributed by atoms with Crippen molar-refractivity contribution in [1.82, 2.24) is 29.6 Å². The van der Waals surface area contributed by atoms with Crippen LogP contribution in [0.2, 0.25) is 5.02 Å². The van der Waals surface area contributed by atoms with E-state index in [1.54, 1.807) is 4.90 Å². The van der Waals surface area contributed by atoms with Gasteiger partial charge in [0.15, 0.2) is 10.5 Å². The van der Waals surface area contributed by atoms with Gasteiger partial charge in [0.25, 0.3) is 5.91 Å². The second kappa shape index (κ2) is 8.35. The zero-order valence-corrected chi connectivity index (χ0v) is 17.3. The molecule has 1 atom stereocenters. The smallest absolute Gasteiger partial charge is 0.274 e. The van der Waals surface area contributed by atoms with E-state index in [-0.39, 0.29) is 22.5 Å². The van der Waals surface area contributed by atoms with E-state index in [1.165, 1.54) is 6.20 Å². The maximum absolute atomic E-state index is 13.1. The number of H-pyrrole nitrogens is 1. The summed E-state index contributed by atoms with van der Waals surface area (Å²) in [6.07, 6.45) is 3.36. The minimum atomic E-state index is -0.169. The van der Waals surface area contributed by atoms with Crippen LogP contribution in [0.4, 0.5) is 5.95 Å². The van der Waals surface area contributed by atoms with Crippen LogP contribution in [0.3, 0.4) is 0 Å². The van der Waals surface area contributed by atoms with Crippen LogP contribution in [-0.2, 0) is 7.05 Å². The van der Waals surface area contributed by atoms with Crippen LogP contribution in [0.1, 0.15) is 48.9 Å². The Morgan fingerprint density at radius 1 is 1.44 bits per heavy atom. The number of likely N-dealkylation sites (tertiary alicyclic amines) is 1. The van der Waals surface area contributed by atoms with E-state index in [1.807, 2.05) is 30.4 Å². The molecule has 0 aromatic carbocycles. The minimum absolute atomic E-state index is 0.128. The van der Waals surface area contributed by atoms with E-state index in [0.717, 1.165) is 31.8 Å². The van der Waals surface area contributed by atoms with Gasteiger partial charge < -0.3 is 14.4 Å². The first-order valence-electron chi connectivity index (χ1n) is 9.14. The van der Waals surface area contributed by atoms with Gasteiger partial charge in [-0.15, -0.1) is 0 Å². The number of piperidine rings is 1. The third kappa shape index (κ3) is 3.98. The SMILES string of the molecule is CCN(CC)c1ncc(Cl)c(C(=O)N2CCCC(c3n[nH]c(=S)n3C)C2)n1. The van der Waals surface area contributed by atoms with Gasteiger partial charge >= 0.3 is 0 Å². The molecule has 0 aliphatic carbocycles. The second-order valence-electron chi connectivity index (χ2n) is 6.58. The molecule has 146 valence electrons. The summed E-state index contributed by atoms with van der Waals surface area (Å²) < 4.78 is 2.44. The number of hydrogen-bond donors (Lipinski definition) is 1. The largest absolute Gasteiger partial charge is 0.341 e. The van der Waals surface area contributed by atoms with Crippen molar-refractivity contribution < 1.29 is 4.79 Å². The molecule has 2 aromatic rings. The lowest BCUT2D eigenvalue weighted by Crippen LogP contribution is -2.40. The summed E-state index contributed by atoms with van der Waals surface area (Å²) in [5.41, 5.74) is 0.254. The number of nitrogens with zero attached hydrogens (tertiary/aromatic N) is 6. The molecule has 1 aliphatic heterocycles. The third-order valence-corrected chi connectivity index (χ3v) is 5.61. The van der Waals surface area contributed by atoms with Gasteiger partial charge in [-0.1, -0.05) is 11.6 Å². The van der Waals surface area contributed by atoms with E-state index >= 15 is 0 Å². The van der Waals surface area contributed by atoms with Crippen molar-refractivity contribution in [1.29, 1.82) is 0 Å². The van der Waals surface area contributed by atoms with Gasteiger partial charge in [-0.2, -0.15) is 5.10 Å². The van der Waals surface area contributed by atoms with Gasteiger partial charge in [-0.25, -0.2) is 9.97 Å². The summed E-state index contributed by atoms with van der Waals surface area (Å²) in [6, 6.07) is 0. The lowest BCUT2D eigenvalue weighted by atomic mass is 9.97. The maximum atomic E-state index is 13.1. The van der Waals surface area contributed by atoms with Gasteiger partial charge in [-0.3, -0.25) is 9.89 Å². The van der Waals surface area contributed by atoms with E-state index in [2.05, 4.69) is 20.2 Å². The molecule has 1 unspecified atom stereocenters. The van der Waals surface area contributed by atoms with Crippen molar-refractivity contribution in [2.45, 2.75) is 32.6 Å². The molecule has 10 heteroatoms. The molecule has 0 radical (unpaired) electrons. The summed E-state index contributed by atoms with van der Waals surface area (Å²) in [4.78, 5) is 25.6. The van der Waals surface area contributed by atoms with Crippen LogP contribution >= 0.6 is 23.8 Å². The lowest BCUT2D eigenvalue weighted by molar-refractivity contribution is 0.0697. The number of carbonyl (C=O) groups is 1. The fourth-order valence-electron chi connectivity index (χ4n) is 3.41. The van der Waals surface area contributed by atoms with E-state index in [9.17, 15) is 4.79 Å². The fourth-order valence-corrected chi connectivity index (χ4v) is 3.72. The highest BCUT2D eigenvalue weighted by Crippen LogP contribution is 2.27. The average molecular weight is 410 g/mol. The highest BCUT2D eigenvalue weighted by molar-refractivity contribution is 7.71. The molecule has 3 heterocycles. The normalized spacial score (nSPS) is 17.2. The van der Waals surface area contributed by atoms with Crippen molar-refractivity contribution in [2.24, 2.45) is 7.05 Å². The number of halogens is 1. The first kappa shape index (κ1) is 19.8. The molecule has 1 fully saturated rings. The highest BCUT2D eigenvalue weighted by Gasteiger charge is 2.30. The van der Waals surface area contributed by atoms with Crippen LogP contribution in [0.15, 0.2) is 6.20 Å². The zero-order chi connectivity index (χ0) is 19.6. The number of carbonyl (C=O) groups excluding carboxylic acids is 1. The number of rotatable bonds is 5. The molecular formula is C17H24ClN7OS. The predicted octanol–water partition coefficient (Wildman–Crippen LogP) is 2.79. The Morgan fingerprint density at radius 3 is 2.81 bits per heavy atom. The van der Waals surface area contributed by atoms with Crippen LogP contribution in [0.5, 0.6) is 0 Å². The molecule has 0 saturated carbocycles. The Labute approximate surface area is 168 Å². The quantitative estimate of drug-likeness (QED) is 0.764. The highest BCUT2D eigenvalue weighted by atomic mass is 35.5. The van der Waals surface area contributed by atoms with Gasteiger partial charge in [0.05, 0.1) is 11.2 Å². The Hall–Kier alpha value is -2.00. The van der Waals surface area contributed by atoms with Crippen molar-refractivity contribution in [3.63, 3.8) is 0 Å². The molecule has 3 rings (SSSR count). The molecule has 0 bridgehead atoms. The first-order valence-corrected chi connectivity index (χ1v) is 9.92. The van der Waals surface area contributed by atoms with Crippen molar-refractivity contribution in [3.8, 4) is 0 Å². The van der Waals surface area contributed by atoms with Crippen LogP contribution < -0.4 is 4.90 Å². The molecule has 8 nitrogen and oxygen atoms in total. The average Bonchev–Trinajstić information content (AvgIpc) is 3.02. The summed E-state index contributed by atoms with van der Waals surface area (Å²) in [7, 11) is 1.89. The number of aromatic amines is 1. The van der Waals surface area contributed by atoms with Gasteiger partial charge in [0, 0.05) is 39.1 Å². The fraction of sp³-hybridized carbons (Fsp3) is 0.588. The topological polar surface area (TPSA) is 82.9 Å². The van der Waals surface area contributed by atoms with Crippen molar-refractivity contribution in [3.05, 3.63) is 27.5 Å². The summed E-state index contributed by atoms with van der Waals surface area (Å²) in [5.74, 6) is 1.35. The Kier molecular flexibility index (Phi) is 6.11. The van der Waals surface area contributed by atoms with Crippen molar-refractivity contribution >= 4 is 35.7 Å². The standard InChI is InChI=1S/C17H24ClN7OS/c1-4-24(5-2)16-19-9-12(18)13(20-16)15(26)25-8-6-7-11(10-25)14-21-22-17(27)23(14)3/h9,11H,4-8,10H2,1-3H3,(H,22,27). The van der Waals surface area contributed by atoms with Crippen LogP contribution in [-0.4, -0.2) is 61.7 Å². The van der Waals surface area contributed by atoms with Crippen LogP contribution in [0, 0.1) is 4.77 Å². The second-order valence-corrected chi connectivity index (χ2v) is 7.37. The van der Waals surface area contributed by atoms with Gasteiger partial charge in [0.2, 0.25) is 5.95 Å². The van der Waals surface area contributed by atoms with E-state index < -0.39 is 0 Å². The molecule has 1 aliphatic rings. The Morgan fingerprint density at radius 2 is 2.19 bits per heavy atom. The first-order chi connectivity index (χ1) is 13.0. The summed E-state index contributed by atoms with van der Waals surface area (Å²) in [6.45, 7) is 6.80. The molecule has 1 saturated heterocycles. The van der Waals surface area contributed by atoms with Gasteiger partial charge in [0.1, 0.15) is 5.82 Å².